The molecule has 1 aliphatic rings. The van der Waals surface area contributed by atoms with Crippen molar-refractivity contribution in [2.75, 3.05) is 17.1 Å². The molecule has 0 saturated heterocycles. The molecule has 1 aliphatic carbocycles. The number of nitrogens with one attached hydrogen (secondary N) is 1. The number of alkyl halides is 3. The number of carbonyl (C=O) groups excluding carboxylic acids is 2. The molecule has 0 aliphatic heterocycles. The first-order chi connectivity index (χ1) is 18.8. The third-order valence-electron chi connectivity index (χ3n) is 7.00. The van der Waals surface area contributed by atoms with Gasteiger partial charge in [0, 0.05) is 30.0 Å². The standard InChI is InChI=1S/C28H35BrF3N3O4S/c1-20(27(37)33-24-9-4-3-5-10-24)34(19-21-13-15-23(29)16-14-21)26(36)12-7-17-35(40(2,38)39)25-11-6-8-22(18-25)28(30,31)32/h6,8,11,13-16,18,20,24H,3-5,7,9-10,12,17,19H2,1-2H3,(H,33,37)/t20-/m1/s1. The van der Waals surface area contributed by atoms with Crippen LogP contribution in [-0.4, -0.2) is 50.0 Å². The third-order valence-corrected chi connectivity index (χ3v) is 8.72. The summed E-state index contributed by atoms with van der Waals surface area (Å²) in [6.07, 6.45) is 1.27. The molecule has 0 unspecified atom stereocenters. The molecule has 0 heterocycles. The zero-order valence-corrected chi connectivity index (χ0v) is 25.0. The van der Waals surface area contributed by atoms with Crippen molar-refractivity contribution in [2.24, 2.45) is 0 Å². The molecule has 2 aromatic rings. The highest BCUT2D eigenvalue weighted by atomic mass is 79.9. The van der Waals surface area contributed by atoms with Crippen LogP contribution < -0.4 is 9.62 Å². The Labute approximate surface area is 242 Å². The average Bonchev–Trinajstić information content (AvgIpc) is 2.89. The maximum absolute atomic E-state index is 13.4. The lowest BCUT2D eigenvalue weighted by molar-refractivity contribution is -0.141. The van der Waals surface area contributed by atoms with Gasteiger partial charge < -0.3 is 10.2 Å². The van der Waals surface area contributed by atoms with E-state index in [1.54, 1.807) is 6.92 Å². The molecule has 7 nitrogen and oxygen atoms in total. The summed E-state index contributed by atoms with van der Waals surface area (Å²) in [7, 11) is -3.92. The summed E-state index contributed by atoms with van der Waals surface area (Å²) in [5.74, 6) is -0.606. The summed E-state index contributed by atoms with van der Waals surface area (Å²) in [4.78, 5) is 28.0. The van der Waals surface area contributed by atoms with Crippen LogP contribution in [0.15, 0.2) is 53.0 Å². The molecule has 0 spiro atoms. The van der Waals surface area contributed by atoms with Gasteiger partial charge in [0.05, 0.1) is 17.5 Å². The predicted octanol–water partition coefficient (Wildman–Crippen LogP) is 5.88. The van der Waals surface area contributed by atoms with Crippen LogP contribution in [0.25, 0.3) is 0 Å². The topological polar surface area (TPSA) is 86.8 Å². The van der Waals surface area contributed by atoms with Crippen molar-refractivity contribution in [1.82, 2.24) is 10.2 Å². The summed E-state index contributed by atoms with van der Waals surface area (Å²) in [6, 6.07) is 10.7. The maximum atomic E-state index is 13.4. The fourth-order valence-electron chi connectivity index (χ4n) is 4.78. The monoisotopic (exact) mass is 645 g/mol. The van der Waals surface area contributed by atoms with Gasteiger partial charge in [0.15, 0.2) is 0 Å². The van der Waals surface area contributed by atoms with Crippen LogP contribution in [0.3, 0.4) is 0 Å². The Morgan fingerprint density at radius 2 is 1.73 bits per heavy atom. The Kier molecular flexibility index (Phi) is 11.0. The predicted molar refractivity (Wildman–Crippen MR) is 152 cm³/mol. The first kappa shape index (κ1) is 31.9. The fourth-order valence-corrected chi connectivity index (χ4v) is 6.00. The van der Waals surface area contributed by atoms with Gasteiger partial charge in [-0.25, -0.2) is 8.42 Å². The lowest BCUT2D eigenvalue weighted by atomic mass is 9.95. The highest BCUT2D eigenvalue weighted by molar-refractivity contribution is 9.10. The Hall–Kier alpha value is -2.60. The number of carbonyl (C=O) groups is 2. The Morgan fingerprint density at radius 3 is 2.33 bits per heavy atom. The molecule has 12 heteroatoms. The minimum atomic E-state index is -4.63. The normalized spacial score (nSPS) is 15.3. The van der Waals surface area contributed by atoms with Gasteiger partial charge in [-0.1, -0.05) is 53.4 Å². The third kappa shape index (κ3) is 9.22. The summed E-state index contributed by atoms with van der Waals surface area (Å²) < 4.78 is 66.3. The molecule has 2 amide bonds. The first-order valence-electron chi connectivity index (χ1n) is 13.2. The molecule has 3 rings (SSSR count). The van der Waals surface area contributed by atoms with Crippen LogP contribution in [0, 0.1) is 0 Å². The zero-order valence-electron chi connectivity index (χ0n) is 22.6. The second kappa shape index (κ2) is 13.8. The minimum absolute atomic E-state index is 0.0515. The van der Waals surface area contributed by atoms with Crippen molar-refractivity contribution in [3.05, 3.63) is 64.1 Å². The first-order valence-corrected chi connectivity index (χ1v) is 15.9. The average molecular weight is 647 g/mol. The number of hydrogen-bond acceptors (Lipinski definition) is 4. The molecule has 0 aromatic heterocycles. The van der Waals surface area contributed by atoms with Crippen LogP contribution >= 0.6 is 15.9 Å². The quantitative estimate of drug-likeness (QED) is 0.331. The van der Waals surface area contributed by atoms with Gasteiger partial charge in [-0.15, -0.1) is 0 Å². The van der Waals surface area contributed by atoms with Gasteiger partial charge in [0.25, 0.3) is 0 Å². The van der Waals surface area contributed by atoms with Crippen LogP contribution in [0.1, 0.15) is 63.0 Å². The SMILES string of the molecule is C[C@H](C(=O)NC1CCCCC1)N(Cc1ccc(Br)cc1)C(=O)CCCN(c1cccc(C(F)(F)F)c1)S(C)(=O)=O. The lowest BCUT2D eigenvalue weighted by Crippen LogP contribution is -2.50. The number of nitrogens with zero attached hydrogens (tertiary/aromatic N) is 2. The van der Waals surface area contributed by atoms with E-state index in [1.165, 1.54) is 11.0 Å². The molecule has 40 heavy (non-hydrogen) atoms. The Balaban J connectivity index is 1.74. The van der Waals surface area contributed by atoms with Gasteiger partial charge in [0.2, 0.25) is 21.8 Å². The fraction of sp³-hybridized carbons (Fsp3) is 0.500. The number of halogens is 4. The molecule has 1 atom stereocenters. The van der Waals surface area contributed by atoms with Gasteiger partial charge in [-0.05, 0) is 62.1 Å². The largest absolute Gasteiger partial charge is 0.416 e. The maximum Gasteiger partial charge on any atom is 0.416 e. The van der Waals surface area contributed by atoms with Crippen LogP contribution in [-0.2, 0) is 32.3 Å². The van der Waals surface area contributed by atoms with Gasteiger partial charge in [-0.2, -0.15) is 13.2 Å². The second-order valence-electron chi connectivity index (χ2n) is 10.2. The lowest BCUT2D eigenvalue weighted by Gasteiger charge is -2.31. The molecule has 1 fully saturated rings. The van der Waals surface area contributed by atoms with E-state index in [0.717, 1.165) is 70.9 Å². The van der Waals surface area contributed by atoms with Crippen molar-refractivity contribution in [1.29, 1.82) is 0 Å². The smallest absolute Gasteiger partial charge is 0.352 e. The van der Waals surface area contributed by atoms with Crippen molar-refractivity contribution < 1.29 is 31.2 Å². The van der Waals surface area contributed by atoms with Crippen molar-refractivity contribution in [3.8, 4) is 0 Å². The number of benzene rings is 2. The number of rotatable bonds is 11. The molecule has 2 aromatic carbocycles. The van der Waals surface area contributed by atoms with Crippen molar-refractivity contribution >= 4 is 43.5 Å². The van der Waals surface area contributed by atoms with E-state index >= 15 is 0 Å². The van der Waals surface area contributed by atoms with E-state index in [0.29, 0.717) is 0 Å². The summed E-state index contributed by atoms with van der Waals surface area (Å²) in [5.41, 5.74) is -0.277. The van der Waals surface area contributed by atoms with E-state index in [4.69, 9.17) is 0 Å². The van der Waals surface area contributed by atoms with Crippen LogP contribution in [0.5, 0.6) is 0 Å². The van der Waals surface area contributed by atoms with E-state index in [9.17, 15) is 31.2 Å². The number of hydrogen-bond donors (Lipinski definition) is 1. The zero-order chi connectivity index (χ0) is 29.5. The Bertz CT molecular complexity index is 1270. The number of amides is 2. The highest BCUT2D eigenvalue weighted by Gasteiger charge is 2.32. The van der Waals surface area contributed by atoms with Crippen LogP contribution in [0.2, 0.25) is 0 Å². The van der Waals surface area contributed by atoms with E-state index in [2.05, 4.69) is 21.2 Å². The van der Waals surface area contributed by atoms with E-state index in [-0.39, 0.29) is 49.5 Å². The van der Waals surface area contributed by atoms with Gasteiger partial charge >= 0.3 is 6.18 Å². The summed E-state index contributed by atoms with van der Waals surface area (Å²) in [5, 5.41) is 3.06. The molecule has 0 bridgehead atoms. The van der Waals surface area contributed by atoms with Crippen molar-refractivity contribution in [2.45, 2.75) is 76.7 Å². The number of sulfonamides is 1. The second-order valence-corrected chi connectivity index (χ2v) is 13.0. The van der Waals surface area contributed by atoms with Crippen LogP contribution in [0.4, 0.5) is 18.9 Å². The highest BCUT2D eigenvalue weighted by Crippen LogP contribution is 2.32. The summed E-state index contributed by atoms with van der Waals surface area (Å²) >= 11 is 3.39. The molecular weight excluding hydrogens is 611 g/mol. The van der Waals surface area contributed by atoms with Gasteiger partial charge in [0.1, 0.15) is 6.04 Å². The van der Waals surface area contributed by atoms with Gasteiger partial charge in [-0.3, -0.25) is 13.9 Å². The summed E-state index contributed by atoms with van der Waals surface area (Å²) in [6.45, 7) is 1.65. The molecular formula is C28H35BrF3N3O4S. The van der Waals surface area contributed by atoms with E-state index in [1.807, 2.05) is 24.3 Å². The molecule has 220 valence electrons. The molecule has 1 saturated carbocycles. The minimum Gasteiger partial charge on any atom is -0.352 e. The Morgan fingerprint density at radius 1 is 1.07 bits per heavy atom. The van der Waals surface area contributed by atoms with Crippen molar-refractivity contribution in [3.63, 3.8) is 0 Å². The molecule has 0 radical (unpaired) electrons. The van der Waals surface area contributed by atoms with E-state index < -0.39 is 27.8 Å². The molecule has 1 N–H and O–H groups in total. The number of anilines is 1.